The SMILES string of the molecule is CCC(CC)CC1CCCC(c2ccc(N(c3ccccc3)c3cccc4c3C35c6c(cccc6N(c6ccccc6)c6cc(-c7ccccc7)c7c(c6)C(C)(C)c6ccccc6-7)CC3CCC5C4)cc2)C1. The van der Waals surface area contributed by atoms with Crippen molar-refractivity contribution in [2.75, 3.05) is 9.80 Å². The molecule has 8 aromatic rings. The fourth-order valence-electron chi connectivity index (χ4n) is 15.6. The van der Waals surface area contributed by atoms with Crippen LogP contribution in [0.15, 0.2) is 188 Å². The fourth-order valence-corrected chi connectivity index (χ4v) is 15.6. The van der Waals surface area contributed by atoms with Gasteiger partial charge in [0.1, 0.15) is 0 Å². The minimum Gasteiger partial charge on any atom is -0.310 e. The zero-order valence-electron chi connectivity index (χ0n) is 43.0. The lowest BCUT2D eigenvalue weighted by atomic mass is 9.68. The molecule has 2 heteroatoms. The maximum atomic E-state index is 2.66. The molecule has 5 aliphatic rings. The fraction of sp³-hybridized carbons (Fsp3) is 0.314. The maximum absolute atomic E-state index is 2.66. The van der Waals surface area contributed by atoms with E-state index < -0.39 is 0 Å². The molecule has 5 unspecified atom stereocenters. The number of hydrogen-bond donors (Lipinski definition) is 0. The summed E-state index contributed by atoms with van der Waals surface area (Å²) >= 11 is 0. The standard InChI is InChI=1S/C70H70N2/c1-5-47(6-2)41-48-21-18-24-51(42-48)49-35-39-58(40-36-49)71(56-27-12-8-13-28-56)64-33-19-25-52-43-54-37-38-55-44-53-26-20-34-65(68(53)70(54,55)67(52)64)72(57-29-14-9-15-30-57)59-45-61(50-22-10-7-11-23-50)66-60-31-16-17-32-62(60)69(3,4)63(66)46-59/h7-17,19-20,22-23,25-36,39-40,45-48,51,54-55H,5-6,18,21,24,37-38,41-44H2,1-4H3. The van der Waals surface area contributed by atoms with Crippen LogP contribution in [0.3, 0.4) is 0 Å². The lowest BCUT2D eigenvalue weighted by Gasteiger charge is -2.40. The topological polar surface area (TPSA) is 6.48 Å². The molecule has 360 valence electrons. The van der Waals surface area contributed by atoms with E-state index in [4.69, 9.17) is 0 Å². The summed E-state index contributed by atoms with van der Waals surface area (Å²) in [5.74, 6) is 3.40. The first-order valence-corrected chi connectivity index (χ1v) is 27.8. The first-order chi connectivity index (χ1) is 35.4. The Hall–Kier alpha value is -6.64. The average Bonchev–Trinajstić information content (AvgIpc) is 4.13. The van der Waals surface area contributed by atoms with Crippen LogP contribution in [-0.2, 0) is 23.7 Å². The van der Waals surface area contributed by atoms with E-state index in [1.165, 1.54) is 142 Å². The molecule has 0 saturated heterocycles. The largest absolute Gasteiger partial charge is 0.310 e. The minimum atomic E-state index is -0.170. The molecular formula is C70H70N2. The van der Waals surface area contributed by atoms with Crippen molar-refractivity contribution in [2.24, 2.45) is 23.7 Å². The molecule has 0 bridgehead atoms. The Kier molecular flexibility index (Phi) is 11.4. The van der Waals surface area contributed by atoms with Crippen LogP contribution >= 0.6 is 0 Å². The molecule has 72 heavy (non-hydrogen) atoms. The van der Waals surface area contributed by atoms with E-state index in [-0.39, 0.29) is 10.8 Å². The van der Waals surface area contributed by atoms with Gasteiger partial charge in [-0.1, -0.05) is 181 Å². The lowest BCUT2D eigenvalue weighted by Crippen LogP contribution is -2.34. The van der Waals surface area contributed by atoms with Crippen LogP contribution in [0.25, 0.3) is 22.3 Å². The van der Waals surface area contributed by atoms with Crippen LogP contribution in [0.2, 0.25) is 0 Å². The van der Waals surface area contributed by atoms with Crippen molar-refractivity contribution in [1.82, 2.24) is 0 Å². The van der Waals surface area contributed by atoms with Crippen LogP contribution in [0.4, 0.5) is 34.1 Å². The molecule has 0 amide bonds. The summed E-state index contributed by atoms with van der Waals surface area (Å²) in [5, 5.41) is 0. The molecule has 0 aromatic heterocycles. The van der Waals surface area contributed by atoms with Gasteiger partial charge >= 0.3 is 0 Å². The van der Waals surface area contributed by atoms with Gasteiger partial charge in [-0.15, -0.1) is 0 Å². The van der Waals surface area contributed by atoms with Gasteiger partial charge in [-0.2, -0.15) is 0 Å². The Morgan fingerprint density at radius 2 is 1.06 bits per heavy atom. The number of hydrogen-bond acceptors (Lipinski definition) is 2. The Labute approximate surface area is 429 Å². The van der Waals surface area contributed by atoms with Crippen molar-refractivity contribution in [3.8, 4) is 22.3 Å². The molecule has 1 spiro atoms. The summed E-state index contributed by atoms with van der Waals surface area (Å²) in [4.78, 5) is 5.29. The number of fused-ring (bicyclic) bond motifs is 5. The summed E-state index contributed by atoms with van der Waals surface area (Å²) < 4.78 is 0. The van der Waals surface area contributed by atoms with E-state index in [1.807, 2.05) is 0 Å². The first kappa shape index (κ1) is 45.2. The monoisotopic (exact) mass is 939 g/mol. The predicted octanol–water partition coefficient (Wildman–Crippen LogP) is 19.1. The van der Waals surface area contributed by atoms with Crippen molar-refractivity contribution in [3.63, 3.8) is 0 Å². The molecular weight excluding hydrogens is 869 g/mol. The summed E-state index contributed by atoms with van der Waals surface area (Å²) in [6.45, 7) is 9.64. The normalized spacial score (nSPS) is 21.9. The van der Waals surface area contributed by atoms with E-state index >= 15 is 0 Å². The molecule has 2 nitrogen and oxygen atoms in total. The van der Waals surface area contributed by atoms with Gasteiger partial charge in [0, 0.05) is 33.6 Å². The van der Waals surface area contributed by atoms with Gasteiger partial charge in [-0.3, -0.25) is 0 Å². The second-order valence-electron chi connectivity index (χ2n) is 22.9. The van der Waals surface area contributed by atoms with Gasteiger partial charge in [0.2, 0.25) is 0 Å². The highest BCUT2D eigenvalue weighted by atomic mass is 15.2. The maximum Gasteiger partial charge on any atom is 0.0505 e. The number of nitrogens with zero attached hydrogens (tertiary/aromatic N) is 2. The zero-order chi connectivity index (χ0) is 48.6. The van der Waals surface area contributed by atoms with Crippen molar-refractivity contribution < 1.29 is 0 Å². The Bertz CT molecular complexity index is 3250. The van der Waals surface area contributed by atoms with Gasteiger partial charge in [0.25, 0.3) is 0 Å². The van der Waals surface area contributed by atoms with Crippen LogP contribution in [0, 0.1) is 23.7 Å². The Morgan fingerprint density at radius 3 is 1.67 bits per heavy atom. The molecule has 2 fully saturated rings. The second kappa shape index (κ2) is 18.1. The zero-order valence-corrected chi connectivity index (χ0v) is 43.0. The second-order valence-corrected chi connectivity index (χ2v) is 22.9. The van der Waals surface area contributed by atoms with Gasteiger partial charge < -0.3 is 9.80 Å². The van der Waals surface area contributed by atoms with E-state index in [9.17, 15) is 0 Å². The van der Waals surface area contributed by atoms with Crippen LogP contribution in [0.1, 0.15) is 130 Å². The van der Waals surface area contributed by atoms with Crippen molar-refractivity contribution in [1.29, 1.82) is 0 Å². The summed E-state index contributed by atoms with van der Waals surface area (Å²) in [5.41, 5.74) is 23.0. The van der Waals surface area contributed by atoms with E-state index in [1.54, 1.807) is 11.1 Å². The molecule has 8 aromatic carbocycles. The van der Waals surface area contributed by atoms with Crippen molar-refractivity contribution in [2.45, 2.75) is 115 Å². The molecule has 5 atom stereocenters. The Balaban J connectivity index is 0.981. The smallest absolute Gasteiger partial charge is 0.0505 e. The highest BCUT2D eigenvalue weighted by molar-refractivity contribution is 5.97. The molecule has 13 rings (SSSR count). The average molecular weight is 939 g/mol. The van der Waals surface area contributed by atoms with Crippen LogP contribution < -0.4 is 9.80 Å². The minimum absolute atomic E-state index is 0.141. The predicted molar refractivity (Wildman–Crippen MR) is 303 cm³/mol. The van der Waals surface area contributed by atoms with Gasteiger partial charge in [-0.05, 0) is 196 Å². The number of anilines is 6. The molecule has 5 aliphatic carbocycles. The first-order valence-electron chi connectivity index (χ1n) is 27.8. The number of rotatable bonds is 12. The molecule has 0 aliphatic heterocycles. The number of para-hydroxylation sites is 2. The number of benzene rings is 8. The summed E-state index contributed by atoms with van der Waals surface area (Å²) in [6.07, 6.45) is 14.1. The van der Waals surface area contributed by atoms with E-state index in [2.05, 4.69) is 226 Å². The van der Waals surface area contributed by atoms with Gasteiger partial charge in [-0.25, -0.2) is 0 Å². The lowest BCUT2D eigenvalue weighted by molar-refractivity contribution is 0.258. The third-order valence-electron chi connectivity index (χ3n) is 18.9. The third kappa shape index (κ3) is 7.17. The highest BCUT2D eigenvalue weighted by Crippen LogP contribution is 2.69. The molecule has 0 heterocycles. The highest BCUT2D eigenvalue weighted by Gasteiger charge is 2.62. The van der Waals surface area contributed by atoms with Gasteiger partial charge in [0.15, 0.2) is 0 Å². The van der Waals surface area contributed by atoms with Crippen molar-refractivity contribution in [3.05, 3.63) is 227 Å². The third-order valence-corrected chi connectivity index (χ3v) is 18.9. The summed E-state index contributed by atoms with van der Waals surface area (Å²) in [6, 6.07) is 72.5. The molecule has 2 saturated carbocycles. The van der Waals surface area contributed by atoms with Crippen molar-refractivity contribution >= 4 is 34.1 Å². The van der Waals surface area contributed by atoms with Gasteiger partial charge in [0.05, 0.1) is 11.4 Å². The molecule has 0 radical (unpaired) electrons. The van der Waals surface area contributed by atoms with E-state index in [0.29, 0.717) is 17.8 Å². The van der Waals surface area contributed by atoms with Crippen LogP contribution in [0.5, 0.6) is 0 Å². The summed E-state index contributed by atoms with van der Waals surface area (Å²) in [7, 11) is 0. The van der Waals surface area contributed by atoms with Crippen LogP contribution in [-0.4, -0.2) is 0 Å². The quantitative estimate of drug-likeness (QED) is 0.120. The van der Waals surface area contributed by atoms with E-state index in [0.717, 1.165) is 24.7 Å². The molecule has 0 N–H and O–H groups in total. The Morgan fingerprint density at radius 1 is 0.500 bits per heavy atom.